The van der Waals surface area contributed by atoms with E-state index >= 15 is 4.39 Å². The Kier molecular flexibility index (Phi) is 6.67. The number of nitrogens with zero attached hydrogens (tertiary/aromatic N) is 2. The molecule has 0 saturated carbocycles. The van der Waals surface area contributed by atoms with Crippen LogP contribution in [0.1, 0.15) is 52.3 Å². The van der Waals surface area contributed by atoms with Crippen LogP contribution in [0.4, 0.5) is 37.2 Å². The van der Waals surface area contributed by atoms with Crippen molar-refractivity contribution in [1.29, 1.82) is 0 Å². The van der Waals surface area contributed by atoms with Gasteiger partial charge in [-0.1, -0.05) is 79.7 Å². The Morgan fingerprint density at radius 1 is 0.577 bits per heavy atom. The van der Waals surface area contributed by atoms with E-state index in [2.05, 4.69) is 128 Å². The van der Waals surface area contributed by atoms with E-state index in [1.165, 1.54) is 44.2 Å². The van der Waals surface area contributed by atoms with Gasteiger partial charge in [-0.3, -0.25) is 0 Å². The molecule has 2 nitrogen and oxygen atoms in total. The Morgan fingerprint density at radius 2 is 1.06 bits per heavy atom. The van der Waals surface area contributed by atoms with Gasteiger partial charge in [-0.05, 0) is 143 Å². The van der Waals surface area contributed by atoms with Crippen LogP contribution in [0.25, 0.3) is 0 Å². The van der Waals surface area contributed by atoms with Gasteiger partial charge in [-0.25, -0.2) is 8.78 Å². The van der Waals surface area contributed by atoms with Crippen molar-refractivity contribution >= 4 is 51.5 Å². The van der Waals surface area contributed by atoms with Crippen LogP contribution in [0.2, 0.25) is 0 Å². The van der Waals surface area contributed by atoms with Crippen molar-refractivity contribution in [2.24, 2.45) is 5.92 Å². The monoisotopic (exact) mass is 678 g/mol. The van der Waals surface area contributed by atoms with Crippen molar-refractivity contribution in [3.05, 3.63) is 190 Å². The fourth-order valence-corrected chi connectivity index (χ4v) is 9.75. The highest BCUT2D eigenvalue weighted by Gasteiger charge is 2.55. The smallest absolute Gasteiger partial charge is 0.253 e. The second kappa shape index (κ2) is 11.2. The van der Waals surface area contributed by atoms with Crippen LogP contribution in [0.15, 0.2) is 145 Å². The first-order chi connectivity index (χ1) is 25.3. The van der Waals surface area contributed by atoms with Crippen LogP contribution in [0.5, 0.6) is 0 Å². The van der Waals surface area contributed by atoms with E-state index in [0.29, 0.717) is 6.42 Å². The number of halogens is 2. The van der Waals surface area contributed by atoms with Gasteiger partial charge in [0, 0.05) is 40.1 Å². The molecule has 1 atom stereocenters. The third-order valence-corrected chi connectivity index (χ3v) is 11.7. The molecule has 1 aliphatic carbocycles. The zero-order valence-electron chi connectivity index (χ0n) is 29.7. The zero-order valence-corrected chi connectivity index (χ0v) is 29.7. The lowest BCUT2D eigenvalue weighted by atomic mass is 9.27. The fourth-order valence-electron chi connectivity index (χ4n) is 9.75. The molecule has 10 rings (SSSR count). The van der Waals surface area contributed by atoms with E-state index in [1.807, 2.05) is 25.1 Å². The molecule has 1 unspecified atom stereocenters. The van der Waals surface area contributed by atoms with Gasteiger partial charge in [0.2, 0.25) is 0 Å². The quantitative estimate of drug-likeness (QED) is 0.171. The van der Waals surface area contributed by atoms with Gasteiger partial charge in [0.05, 0.1) is 5.41 Å². The molecule has 0 spiro atoms. The second-order valence-electron chi connectivity index (χ2n) is 15.1. The van der Waals surface area contributed by atoms with E-state index in [1.54, 1.807) is 18.2 Å². The minimum absolute atomic E-state index is 0.0517. The number of hydrogen-bond acceptors (Lipinski definition) is 2. The largest absolute Gasteiger partial charge is 0.315 e. The SMILES string of the molecule is Cc1cc2c3c(c1)N(c1ccc(F)cc1)c1cc(C)cc4c1B3c1c(cc(C)cc1C4(c1ccccc1)c1ccccc1)N2C1=CC=C(F)C(C)C1. The van der Waals surface area contributed by atoms with Crippen LogP contribution in [0.3, 0.4) is 0 Å². The van der Waals surface area contributed by atoms with E-state index < -0.39 is 5.41 Å². The molecule has 4 aliphatic rings. The molecule has 0 bridgehead atoms. The first-order valence-corrected chi connectivity index (χ1v) is 18.2. The maximum Gasteiger partial charge on any atom is 0.253 e. The fraction of sp³-hybridized carbons (Fsp3) is 0.149. The zero-order chi connectivity index (χ0) is 35.5. The van der Waals surface area contributed by atoms with E-state index in [9.17, 15) is 4.39 Å². The van der Waals surface area contributed by atoms with Crippen LogP contribution in [0, 0.1) is 32.5 Å². The number of allylic oxidation sites excluding steroid dienone is 4. The lowest BCUT2D eigenvalue weighted by Gasteiger charge is -2.53. The van der Waals surface area contributed by atoms with Gasteiger partial charge >= 0.3 is 0 Å². The molecule has 6 aromatic rings. The van der Waals surface area contributed by atoms with E-state index in [4.69, 9.17) is 0 Å². The number of anilines is 5. The summed E-state index contributed by atoms with van der Waals surface area (Å²) in [5, 5.41) is 0. The number of hydrogen-bond donors (Lipinski definition) is 0. The van der Waals surface area contributed by atoms with Crippen LogP contribution >= 0.6 is 0 Å². The van der Waals surface area contributed by atoms with Crippen molar-refractivity contribution in [3.8, 4) is 0 Å². The Bertz CT molecular complexity index is 2480. The van der Waals surface area contributed by atoms with Gasteiger partial charge in [0.25, 0.3) is 6.71 Å². The molecule has 0 N–H and O–H groups in total. The maximum absolute atomic E-state index is 15.0. The van der Waals surface area contributed by atoms with Crippen molar-refractivity contribution in [1.82, 2.24) is 0 Å². The van der Waals surface area contributed by atoms with Gasteiger partial charge in [0.1, 0.15) is 11.6 Å². The summed E-state index contributed by atoms with van der Waals surface area (Å²) < 4.78 is 29.6. The Hall–Kier alpha value is -5.68. The minimum Gasteiger partial charge on any atom is -0.315 e. The predicted octanol–water partition coefficient (Wildman–Crippen LogP) is 9.98. The summed E-state index contributed by atoms with van der Waals surface area (Å²) in [5.74, 6) is -0.570. The first kappa shape index (κ1) is 31.1. The summed E-state index contributed by atoms with van der Waals surface area (Å²) in [5.41, 5.74) is 18.0. The molecular formula is C47H37BF2N2. The summed E-state index contributed by atoms with van der Waals surface area (Å²) >= 11 is 0. The number of benzene rings is 6. The molecule has 3 aliphatic heterocycles. The minimum atomic E-state index is -0.648. The predicted molar refractivity (Wildman–Crippen MR) is 211 cm³/mol. The summed E-state index contributed by atoms with van der Waals surface area (Å²) in [4.78, 5) is 4.79. The molecule has 0 fully saturated rings. The molecule has 0 aromatic heterocycles. The summed E-state index contributed by atoms with van der Waals surface area (Å²) in [6.45, 7) is 8.48. The molecule has 0 amide bonds. The highest BCUT2D eigenvalue weighted by Crippen LogP contribution is 2.53. The Morgan fingerprint density at radius 3 is 1.60 bits per heavy atom. The highest BCUT2D eigenvalue weighted by molar-refractivity contribution is 7.01. The van der Waals surface area contributed by atoms with Crippen LogP contribution in [-0.4, -0.2) is 6.71 Å². The van der Waals surface area contributed by atoms with Gasteiger partial charge in [-0.2, -0.15) is 0 Å². The third kappa shape index (κ3) is 4.17. The molecular weight excluding hydrogens is 641 g/mol. The van der Waals surface area contributed by atoms with Crippen molar-refractivity contribution < 1.29 is 8.78 Å². The molecule has 3 heterocycles. The van der Waals surface area contributed by atoms with Gasteiger partial charge in [-0.15, -0.1) is 0 Å². The number of rotatable bonds is 4. The van der Waals surface area contributed by atoms with E-state index in [0.717, 1.165) is 45.3 Å². The number of aryl methyl sites for hydroxylation is 3. The molecule has 0 saturated heterocycles. The average molecular weight is 679 g/mol. The maximum atomic E-state index is 15.0. The molecule has 6 aromatic carbocycles. The summed E-state index contributed by atoms with van der Waals surface area (Å²) in [7, 11) is 0. The lowest BCUT2D eigenvalue weighted by molar-refractivity contribution is 0.481. The standard InChI is InChI=1S/C47H37BF2N2/c1-28-21-37-44-40(23-28)51(35-17-15-34(49)16-18-35)42-25-30(3)26-43-46(42)48(44)45-38(47(37,32-11-7-5-8-12-32)33-13-9-6-10-14-33)22-29(2)24-41(45)52(43)36-19-20-39(50)31(4)27-36/h5-26,31H,27H2,1-4H3. The topological polar surface area (TPSA) is 6.48 Å². The molecule has 52 heavy (non-hydrogen) atoms. The summed E-state index contributed by atoms with van der Waals surface area (Å²) in [6.07, 6.45) is 4.22. The third-order valence-electron chi connectivity index (χ3n) is 11.7. The second-order valence-corrected chi connectivity index (χ2v) is 15.1. The van der Waals surface area contributed by atoms with Crippen LogP contribution in [-0.2, 0) is 5.41 Å². The summed E-state index contributed by atoms with van der Waals surface area (Å²) in [6, 6.07) is 42.9. The Labute approximate surface area is 304 Å². The van der Waals surface area contributed by atoms with Gasteiger partial charge < -0.3 is 9.80 Å². The van der Waals surface area contributed by atoms with Crippen molar-refractivity contribution in [2.45, 2.75) is 39.5 Å². The molecule has 252 valence electrons. The average Bonchev–Trinajstić information content (AvgIpc) is 3.14. The van der Waals surface area contributed by atoms with Crippen molar-refractivity contribution in [2.75, 3.05) is 9.80 Å². The lowest BCUT2D eigenvalue weighted by Crippen LogP contribution is -2.68. The van der Waals surface area contributed by atoms with Crippen molar-refractivity contribution in [3.63, 3.8) is 0 Å². The normalized spacial score (nSPS) is 17.4. The van der Waals surface area contributed by atoms with Gasteiger partial charge in [0.15, 0.2) is 0 Å². The van der Waals surface area contributed by atoms with E-state index in [-0.39, 0.29) is 24.3 Å². The molecule has 5 heteroatoms. The highest BCUT2D eigenvalue weighted by atomic mass is 19.1. The molecule has 0 radical (unpaired) electrons. The Balaban J connectivity index is 1.43. The first-order valence-electron chi connectivity index (χ1n) is 18.2. The van der Waals surface area contributed by atoms with Crippen LogP contribution < -0.4 is 26.2 Å².